The second kappa shape index (κ2) is 15.3. The van der Waals surface area contributed by atoms with E-state index in [1.807, 2.05) is 24.8 Å². The van der Waals surface area contributed by atoms with Gasteiger partial charge in [0, 0.05) is 39.1 Å². The first-order chi connectivity index (χ1) is 20.2. The Hall–Kier alpha value is -2.30. The number of hydrogen-bond donors (Lipinski definition) is 0. The zero-order valence-electron chi connectivity index (χ0n) is 24.1. The molecule has 1 aliphatic rings. The van der Waals surface area contributed by atoms with E-state index in [-0.39, 0.29) is 5.41 Å². The van der Waals surface area contributed by atoms with Crippen LogP contribution in [0.25, 0.3) is 11.1 Å². The predicted octanol–water partition coefficient (Wildman–Crippen LogP) is 11.4. The molecule has 2 nitrogen and oxygen atoms in total. The van der Waals surface area contributed by atoms with Crippen LogP contribution in [0.2, 0.25) is 0 Å². The summed E-state index contributed by atoms with van der Waals surface area (Å²) in [6.07, 6.45) is 25.4. The summed E-state index contributed by atoms with van der Waals surface area (Å²) in [6, 6.07) is 22.5. The lowest BCUT2D eigenvalue weighted by Gasteiger charge is -2.33. The number of aryl methyl sites for hydroxylation is 2. The van der Waals surface area contributed by atoms with Gasteiger partial charge in [-0.2, -0.15) is 0 Å². The Kier molecular flexibility index (Phi) is 11.2. The zero-order valence-corrected chi connectivity index (χ0v) is 27.3. The Balaban J connectivity index is 1.20. The largest absolute Gasteiger partial charge is 0.265 e. The molecule has 0 fully saturated rings. The fraction of sp³-hybridized carbons (Fsp3) is 0.405. The molecule has 0 N–H and O–H groups in total. The third kappa shape index (κ3) is 7.96. The number of rotatable bonds is 16. The maximum Gasteiger partial charge on any atom is 0.0270 e. The van der Waals surface area contributed by atoms with Crippen molar-refractivity contribution in [1.29, 1.82) is 0 Å². The molecule has 0 atom stereocenters. The maximum absolute atomic E-state index is 4.14. The maximum atomic E-state index is 4.14. The van der Waals surface area contributed by atoms with E-state index in [9.17, 15) is 0 Å². The van der Waals surface area contributed by atoms with Crippen molar-refractivity contribution >= 4 is 31.9 Å². The molecule has 0 aliphatic heterocycles. The van der Waals surface area contributed by atoms with Gasteiger partial charge in [0.05, 0.1) is 0 Å². The van der Waals surface area contributed by atoms with E-state index in [0.29, 0.717) is 0 Å². The Morgan fingerprint density at radius 2 is 0.854 bits per heavy atom. The average Bonchev–Trinajstić information content (AvgIpc) is 3.25. The predicted molar refractivity (Wildman–Crippen MR) is 179 cm³/mol. The fourth-order valence-corrected chi connectivity index (χ4v) is 7.50. The van der Waals surface area contributed by atoms with Crippen LogP contribution >= 0.6 is 31.9 Å². The van der Waals surface area contributed by atoms with E-state index in [2.05, 4.69) is 102 Å². The van der Waals surface area contributed by atoms with Gasteiger partial charge < -0.3 is 0 Å². The van der Waals surface area contributed by atoms with E-state index < -0.39 is 0 Å². The van der Waals surface area contributed by atoms with Crippen LogP contribution in [0.1, 0.15) is 99.3 Å². The number of fused-ring (bicyclic) bond motifs is 3. The smallest absolute Gasteiger partial charge is 0.0270 e. The van der Waals surface area contributed by atoms with Gasteiger partial charge in [-0.15, -0.1) is 0 Å². The number of hydrogen-bond acceptors (Lipinski definition) is 2. The molecular weight excluding hydrogens is 632 g/mol. The Morgan fingerprint density at radius 3 is 1.29 bits per heavy atom. The molecule has 4 heteroatoms. The van der Waals surface area contributed by atoms with Gasteiger partial charge in [-0.1, -0.05) is 95.4 Å². The van der Waals surface area contributed by atoms with E-state index >= 15 is 0 Å². The first-order valence-electron chi connectivity index (χ1n) is 15.5. The van der Waals surface area contributed by atoms with E-state index in [1.54, 1.807) is 0 Å². The van der Waals surface area contributed by atoms with Gasteiger partial charge in [-0.05, 0) is 120 Å². The van der Waals surface area contributed by atoms with Gasteiger partial charge >= 0.3 is 0 Å². The van der Waals surface area contributed by atoms with Crippen molar-refractivity contribution in [1.82, 2.24) is 9.97 Å². The molecule has 2 aromatic carbocycles. The molecule has 2 aromatic heterocycles. The Morgan fingerprint density at radius 1 is 0.463 bits per heavy atom. The van der Waals surface area contributed by atoms with E-state index in [4.69, 9.17) is 0 Å². The molecule has 0 saturated heterocycles. The number of pyridine rings is 2. The normalized spacial score (nSPS) is 13.2. The van der Waals surface area contributed by atoms with Crippen LogP contribution in [0.4, 0.5) is 0 Å². The summed E-state index contributed by atoms with van der Waals surface area (Å²) in [7, 11) is 0. The standard InChI is InChI=1S/C37H42Br2N2/c38-31-13-15-33-34-16-14-32(39)28-36(34)37(35(33)27-31,21-9-5-1-3-7-11-29-17-23-40-24-18-29)22-10-6-2-4-8-12-30-19-25-41-26-20-30/h13-20,23-28H,1-12,21-22H2. The molecule has 41 heavy (non-hydrogen) atoms. The van der Waals surface area contributed by atoms with Crippen molar-refractivity contribution in [2.45, 2.75) is 95.3 Å². The molecule has 0 amide bonds. The third-order valence-corrected chi connectivity index (χ3v) is 9.91. The molecule has 0 spiro atoms. The molecule has 0 unspecified atom stereocenters. The van der Waals surface area contributed by atoms with Crippen molar-refractivity contribution in [3.8, 4) is 11.1 Å². The quantitative estimate of drug-likeness (QED) is 0.111. The molecule has 214 valence electrons. The van der Waals surface area contributed by atoms with Crippen LogP contribution in [0, 0.1) is 0 Å². The fourth-order valence-electron chi connectivity index (χ4n) is 6.77. The highest BCUT2D eigenvalue weighted by molar-refractivity contribution is 9.10. The van der Waals surface area contributed by atoms with Crippen molar-refractivity contribution in [3.05, 3.63) is 117 Å². The van der Waals surface area contributed by atoms with Gasteiger partial charge in [0.2, 0.25) is 0 Å². The first kappa shape index (κ1) is 30.2. The van der Waals surface area contributed by atoms with Crippen molar-refractivity contribution < 1.29 is 0 Å². The van der Waals surface area contributed by atoms with Crippen molar-refractivity contribution in [2.24, 2.45) is 0 Å². The highest BCUT2D eigenvalue weighted by Gasteiger charge is 2.42. The van der Waals surface area contributed by atoms with E-state index in [1.165, 1.54) is 119 Å². The Bertz CT molecular complexity index is 1260. The summed E-state index contributed by atoms with van der Waals surface area (Å²) >= 11 is 7.64. The molecule has 0 saturated carbocycles. The summed E-state index contributed by atoms with van der Waals surface area (Å²) in [6.45, 7) is 0. The SMILES string of the molecule is Brc1ccc2c(c1)C(CCCCCCCc1ccncc1)(CCCCCCCc1ccncc1)c1cc(Br)ccc1-2. The first-order valence-corrected chi connectivity index (χ1v) is 17.1. The second-order valence-electron chi connectivity index (χ2n) is 11.7. The van der Waals surface area contributed by atoms with Crippen LogP contribution in [0.3, 0.4) is 0 Å². The monoisotopic (exact) mass is 672 g/mol. The van der Waals surface area contributed by atoms with Crippen LogP contribution in [0.15, 0.2) is 94.4 Å². The minimum absolute atomic E-state index is 0.103. The van der Waals surface area contributed by atoms with E-state index in [0.717, 1.165) is 12.8 Å². The van der Waals surface area contributed by atoms with Crippen LogP contribution < -0.4 is 0 Å². The highest BCUT2D eigenvalue weighted by Crippen LogP contribution is 2.55. The number of benzene rings is 2. The number of halogens is 2. The third-order valence-electron chi connectivity index (χ3n) is 8.92. The molecule has 0 radical (unpaired) electrons. The Labute approximate surface area is 263 Å². The minimum atomic E-state index is 0.103. The molecule has 2 heterocycles. The van der Waals surface area contributed by atoms with Gasteiger partial charge in [-0.3, -0.25) is 9.97 Å². The lowest BCUT2D eigenvalue weighted by Crippen LogP contribution is -2.25. The zero-order chi connectivity index (χ0) is 28.3. The van der Waals surface area contributed by atoms with Gasteiger partial charge in [-0.25, -0.2) is 0 Å². The van der Waals surface area contributed by atoms with Crippen LogP contribution in [-0.4, -0.2) is 9.97 Å². The van der Waals surface area contributed by atoms with Gasteiger partial charge in [0.25, 0.3) is 0 Å². The number of aromatic nitrogens is 2. The van der Waals surface area contributed by atoms with Gasteiger partial charge in [0.1, 0.15) is 0 Å². The lowest BCUT2D eigenvalue weighted by atomic mass is 9.70. The molecule has 5 rings (SSSR count). The molecule has 0 bridgehead atoms. The topological polar surface area (TPSA) is 25.8 Å². The van der Waals surface area contributed by atoms with Crippen molar-refractivity contribution in [2.75, 3.05) is 0 Å². The number of nitrogens with zero attached hydrogens (tertiary/aromatic N) is 2. The highest BCUT2D eigenvalue weighted by atomic mass is 79.9. The van der Waals surface area contributed by atoms with Gasteiger partial charge in [0.15, 0.2) is 0 Å². The molecular formula is C37H42Br2N2. The molecule has 4 aromatic rings. The second-order valence-corrected chi connectivity index (χ2v) is 13.5. The summed E-state index contributed by atoms with van der Waals surface area (Å²) in [5.74, 6) is 0. The van der Waals surface area contributed by atoms with Crippen LogP contribution in [-0.2, 0) is 18.3 Å². The lowest BCUT2D eigenvalue weighted by molar-refractivity contribution is 0.398. The number of unbranched alkanes of at least 4 members (excludes halogenated alkanes) is 8. The van der Waals surface area contributed by atoms with Crippen molar-refractivity contribution in [3.63, 3.8) is 0 Å². The summed E-state index contributed by atoms with van der Waals surface area (Å²) in [4.78, 5) is 8.29. The summed E-state index contributed by atoms with van der Waals surface area (Å²) in [5.41, 5.74) is 8.87. The summed E-state index contributed by atoms with van der Waals surface area (Å²) in [5, 5.41) is 0. The molecule has 1 aliphatic carbocycles. The summed E-state index contributed by atoms with van der Waals surface area (Å²) < 4.78 is 2.39. The average molecular weight is 675 g/mol. The minimum Gasteiger partial charge on any atom is -0.265 e. The van der Waals surface area contributed by atoms with Crippen LogP contribution in [0.5, 0.6) is 0 Å².